The van der Waals surface area contributed by atoms with Gasteiger partial charge in [0.15, 0.2) is 34.9 Å². The number of para-hydroxylation sites is 4. The van der Waals surface area contributed by atoms with E-state index in [1.54, 1.807) is 0 Å². The van der Waals surface area contributed by atoms with E-state index in [1.807, 2.05) is 36.4 Å². The molecule has 2 aromatic heterocycles. The fourth-order valence-corrected chi connectivity index (χ4v) is 20.6. The van der Waals surface area contributed by atoms with Crippen LogP contribution in [0.5, 0.6) is 23.0 Å². The highest BCUT2D eigenvalue weighted by atomic mass is 16.5. The number of hydrogen-bond acceptors (Lipinski definition) is 8. The predicted molar refractivity (Wildman–Crippen MR) is 477 cm³/mol. The average molecular weight is 1530 g/mol. The smallest absolute Gasteiger partial charge is 0.164 e. The second kappa shape index (κ2) is 26.4. The summed E-state index contributed by atoms with van der Waals surface area (Å²) in [5, 5.41) is 0. The molecule has 2 atom stereocenters. The Bertz CT molecular complexity index is 6970. The minimum atomic E-state index is -0.583. The first-order chi connectivity index (χ1) is 59.4. The Hall–Kier alpha value is -15.6. The molecule has 0 saturated heterocycles. The highest BCUT2D eigenvalue weighted by molar-refractivity contribution is 5.93. The van der Waals surface area contributed by atoms with E-state index in [0.717, 1.165) is 123 Å². The Balaban J connectivity index is 0.515. The van der Waals surface area contributed by atoms with Gasteiger partial charge in [0.1, 0.15) is 23.0 Å². The molecule has 8 nitrogen and oxygen atoms in total. The van der Waals surface area contributed by atoms with E-state index in [1.165, 1.54) is 77.9 Å². The number of fused-ring (bicyclic) bond motifs is 18. The second-order valence-electron chi connectivity index (χ2n) is 32.1. The van der Waals surface area contributed by atoms with Crippen molar-refractivity contribution in [3.8, 4) is 158 Å². The van der Waals surface area contributed by atoms with Crippen molar-refractivity contribution in [2.24, 2.45) is 0 Å². The van der Waals surface area contributed by atoms with Crippen molar-refractivity contribution in [2.75, 3.05) is 0 Å². The Morgan fingerprint density at radius 2 is 0.408 bits per heavy atom. The molecule has 0 N–H and O–H groups in total. The number of benzene rings is 17. The normalized spacial score (nSPS) is 14.8. The van der Waals surface area contributed by atoms with Gasteiger partial charge >= 0.3 is 0 Å². The van der Waals surface area contributed by atoms with Crippen LogP contribution in [0.2, 0.25) is 0 Å². The third-order valence-electron chi connectivity index (χ3n) is 25.9. The van der Waals surface area contributed by atoms with E-state index in [-0.39, 0.29) is 11.8 Å². The van der Waals surface area contributed by atoms with E-state index in [2.05, 4.69) is 364 Å². The standard InChI is InChI=1S/C112H68N6O2/c1-3-23-69(24-4-1)105-113-107(117-109(115-105)79-29-21-27-73(61-79)77-53-57-83-81-31-9-11-35-91(81)111(97(83)65-77)93-37-13-17-41-99(93)119-100-42-18-14-38-94(100)111)71-49-45-67(46-50-71)75-55-59-87-89(63-75)103-85-33-7-8-34-86(85)104(87)90-64-76(56-60-88(90)103)68-47-51-72(52-48-68)108-114-106(70-25-5-2-6-26-70)116-110(118-108)80-30-22-28-74(62-80)78-54-58-84-82-32-10-12-36-92(82)112(98(84)66-78)95-39-15-19-43-101(95)120-102-44-20-16-40-96(102)112/h1-66,103-104H. The molecule has 5 aliphatic carbocycles. The molecule has 0 fully saturated rings. The molecule has 2 aliphatic heterocycles. The van der Waals surface area contributed by atoms with Gasteiger partial charge in [0, 0.05) is 67.5 Å². The summed E-state index contributed by atoms with van der Waals surface area (Å²) in [5.41, 5.74) is 35.7. The first-order valence-electron chi connectivity index (χ1n) is 41.1. The topological polar surface area (TPSA) is 95.8 Å². The highest BCUT2D eigenvalue weighted by Crippen LogP contribution is 2.65. The van der Waals surface area contributed by atoms with Crippen LogP contribution in [-0.4, -0.2) is 29.9 Å². The maximum atomic E-state index is 6.67. The predicted octanol–water partition coefficient (Wildman–Crippen LogP) is 26.7. The van der Waals surface area contributed by atoms with Crippen LogP contribution in [0.15, 0.2) is 400 Å². The lowest BCUT2D eigenvalue weighted by Crippen LogP contribution is -2.32. The summed E-state index contributed by atoms with van der Waals surface area (Å²) in [7, 11) is 0. The van der Waals surface area contributed by atoms with E-state index >= 15 is 0 Å². The van der Waals surface area contributed by atoms with Gasteiger partial charge in [0.2, 0.25) is 0 Å². The van der Waals surface area contributed by atoms with Crippen LogP contribution in [0.4, 0.5) is 0 Å². The van der Waals surface area contributed by atoms with Gasteiger partial charge in [0.05, 0.1) is 10.8 Å². The summed E-state index contributed by atoms with van der Waals surface area (Å²) < 4.78 is 13.3. The number of nitrogens with zero attached hydrogens (tertiary/aromatic N) is 6. The molecule has 0 amide bonds. The monoisotopic (exact) mass is 1530 g/mol. The van der Waals surface area contributed by atoms with Crippen molar-refractivity contribution in [3.05, 3.63) is 478 Å². The molecule has 2 bridgehead atoms. The van der Waals surface area contributed by atoms with Crippen molar-refractivity contribution in [1.82, 2.24) is 29.9 Å². The van der Waals surface area contributed by atoms with Crippen LogP contribution < -0.4 is 9.47 Å². The molecule has 17 aromatic carbocycles. The summed E-state index contributed by atoms with van der Waals surface area (Å²) >= 11 is 0. The quantitative estimate of drug-likeness (QED) is 0.134. The molecule has 4 heterocycles. The summed E-state index contributed by atoms with van der Waals surface area (Å²) in [6.07, 6.45) is 0. The molecule has 2 spiro atoms. The molecule has 0 radical (unpaired) electrons. The minimum Gasteiger partial charge on any atom is -0.457 e. The van der Waals surface area contributed by atoms with Crippen LogP contribution in [0.1, 0.15) is 89.7 Å². The Labute approximate surface area is 693 Å². The van der Waals surface area contributed by atoms with Gasteiger partial charge in [0.25, 0.3) is 0 Å². The number of hydrogen-bond donors (Lipinski definition) is 0. The molecule has 19 aromatic rings. The van der Waals surface area contributed by atoms with E-state index in [0.29, 0.717) is 34.9 Å². The third kappa shape index (κ3) is 10.2. The first-order valence-corrected chi connectivity index (χ1v) is 41.1. The molecule has 7 aliphatic rings. The summed E-state index contributed by atoms with van der Waals surface area (Å²) in [6, 6.07) is 144. The van der Waals surface area contributed by atoms with Gasteiger partial charge in [-0.2, -0.15) is 0 Å². The van der Waals surface area contributed by atoms with Crippen molar-refractivity contribution in [1.29, 1.82) is 0 Å². The van der Waals surface area contributed by atoms with Crippen LogP contribution >= 0.6 is 0 Å². The van der Waals surface area contributed by atoms with E-state index in [4.69, 9.17) is 39.4 Å². The van der Waals surface area contributed by atoms with Crippen molar-refractivity contribution in [3.63, 3.8) is 0 Å². The van der Waals surface area contributed by atoms with E-state index < -0.39 is 10.8 Å². The fourth-order valence-electron chi connectivity index (χ4n) is 20.6. The molecular weight excluding hydrogens is 1460 g/mol. The largest absolute Gasteiger partial charge is 0.457 e. The molecule has 558 valence electrons. The second-order valence-corrected chi connectivity index (χ2v) is 32.1. The van der Waals surface area contributed by atoms with Gasteiger partial charge in [-0.05, 0) is 183 Å². The zero-order valence-corrected chi connectivity index (χ0v) is 64.8. The highest BCUT2D eigenvalue weighted by Gasteiger charge is 2.53. The molecule has 2 unspecified atom stereocenters. The summed E-state index contributed by atoms with van der Waals surface area (Å²) in [6.45, 7) is 0. The zero-order chi connectivity index (χ0) is 78.7. The maximum Gasteiger partial charge on any atom is 0.164 e. The number of ether oxygens (including phenoxy) is 2. The Kier molecular flexibility index (Phi) is 14.9. The minimum absolute atomic E-state index is 0.0631. The molecule has 0 saturated carbocycles. The summed E-state index contributed by atoms with van der Waals surface area (Å²) in [4.78, 5) is 31.5. The van der Waals surface area contributed by atoms with Crippen molar-refractivity contribution in [2.45, 2.75) is 22.7 Å². The van der Waals surface area contributed by atoms with E-state index in [9.17, 15) is 0 Å². The number of rotatable bonds is 10. The fraction of sp³-hybridized carbons (Fsp3) is 0.0357. The van der Waals surface area contributed by atoms with Crippen LogP contribution in [-0.2, 0) is 10.8 Å². The molecule has 8 heteroatoms. The lowest BCUT2D eigenvalue weighted by Gasteiger charge is -2.42. The van der Waals surface area contributed by atoms with Crippen LogP contribution in [0, 0.1) is 0 Å². The van der Waals surface area contributed by atoms with Crippen LogP contribution in [0.25, 0.3) is 135 Å². The average Bonchev–Trinajstić information content (AvgIpc) is 1.55. The van der Waals surface area contributed by atoms with Gasteiger partial charge in [-0.3, -0.25) is 0 Å². The third-order valence-corrected chi connectivity index (χ3v) is 25.9. The lowest BCUT2D eigenvalue weighted by molar-refractivity contribution is 0.436. The van der Waals surface area contributed by atoms with Gasteiger partial charge in [-0.25, -0.2) is 29.9 Å². The van der Waals surface area contributed by atoms with Crippen molar-refractivity contribution >= 4 is 0 Å². The van der Waals surface area contributed by atoms with Gasteiger partial charge < -0.3 is 9.47 Å². The van der Waals surface area contributed by atoms with Crippen LogP contribution in [0.3, 0.4) is 0 Å². The summed E-state index contributed by atoms with van der Waals surface area (Å²) in [5.74, 6) is 7.24. The molecule has 120 heavy (non-hydrogen) atoms. The first kappa shape index (κ1) is 67.7. The van der Waals surface area contributed by atoms with Crippen molar-refractivity contribution < 1.29 is 9.47 Å². The molecular formula is C112H68N6O2. The maximum absolute atomic E-state index is 6.67. The SMILES string of the molecule is c1ccc(-c2nc(-c3ccc(-c4ccc5c(c4)C4c6ccccc6C5c5cc(-c6ccc(-c7nc(-c8ccccc8)nc(-c8cccc(-c9ccc%10c(c9)C9(c%11ccccc%11Oc%11ccccc%119)c9ccccc9-%10)c8)n7)cc6)ccc54)cc3)nc(-c3cccc(-c4ccc5c(c4)C4(c6ccccc6Oc6ccccc64)c4ccccc4-5)c3)n2)cc1. The van der Waals surface area contributed by atoms with Gasteiger partial charge in [-0.15, -0.1) is 0 Å². The molecule has 26 rings (SSSR count). The Morgan fingerprint density at radius 3 is 0.792 bits per heavy atom. The lowest BCUT2D eigenvalue weighted by atomic mass is 9.60. The number of aromatic nitrogens is 6. The Morgan fingerprint density at radius 1 is 0.158 bits per heavy atom. The van der Waals surface area contributed by atoms with Gasteiger partial charge in [-0.1, -0.05) is 340 Å². The zero-order valence-electron chi connectivity index (χ0n) is 64.8.